The van der Waals surface area contributed by atoms with Crippen molar-refractivity contribution in [2.75, 3.05) is 0 Å². The van der Waals surface area contributed by atoms with Crippen molar-refractivity contribution in [3.8, 4) is 6.07 Å². The van der Waals surface area contributed by atoms with Crippen LogP contribution in [-0.2, 0) is 9.59 Å². The molecule has 0 rings (SSSR count). The summed E-state index contributed by atoms with van der Waals surface area (Å²) in [4.78, 5) is 18.6. The number of carbonyl (C=O) groups is 2. The lowest BCUT2D eigenvalue weighted by atomic mass is 10.3. The molecule has 0 unspecified atom stereocenters. The van der Waals surface area contributed by atoms with Gasteiger partial charge >= 0.3 is 5.97 Å². The Balaban J connectivity index is 0. The predicted octanol–water partition coefficient (Wildman–Crippen LogP) is 0.466. The van der Waals surface area contributed by atoms with E-state index < -0.39 is 11.9 Å². The van der Waals surface area contributed by atoms with Crippen LogP contribution in [0.2, 0.25) is 0 Å². The van der Waals surface area contributed by atoms with Crippen LogP contribution in [-0.4, -0.2) is 22.2 Å². The molecular formula is C6H9NO4. The van der Waals surface area contributed by atoms with Gasteiger partial charge in [0.2, 0.25) is 0 Å². The minimum Gasteiger partial charge on any atom is -0.481 e. The molecule has 0 saturated heterocycles. The first-order valence-corrected chi connectivity index (χ1v) is 2.79. The third-order valence-corrected chi connectivity index (χ3v) is 0.451. The molecule has 0 fully saturated rings. The van der Waals surface area contributed by atoms with Gasteiger partial charge in [-0.1, -0.05) is 0 Å². The first kappa shape index (κ1) is 12.1. The number of rotatable bonds is 2. The number of aliphatic carboxylic acids is 2. The van der Waals surface area contributed by atoms with Gasteiger partial charge in [-0.25, -0.2) is 0 Å². The van der Waals surface area contributed by atoms with Crippen molar-refractivity contribution in [1.82, 2.24) is 0 Å². The summed E-state index contributed by atoms with van der Waals surface area (Å²) < 4.78 is 0. The highest BCUT2D eigenvalue weighted by molar-refractivity contribution is 5.66. The molecule has 0 aliphatic heterocycles. The van der Waals surface area contributed by atoms with E-state index in [1.54, 1.807) is 6.07 Å². The molecule has 0 saturated carbocycles. The van der Waals surface area contributed by atoms with E-state index in [0.29, 0.717) is 0 Å². The van der Waals surface area contributed by atoms with Crippen molar-refractivity contribution in [2.45, 2.75) is 19.8 Å². The van der Waals surface area contributed by atoms with Crippen LogP contribution in [0.3, 0.4) is 0 Å². The fourth-order valence-corrected chi connectivity index (χ4v) is 0.163. The molecule has 62 valence electrons. The molecule has 0 amide bonds. The van der Waals surface area contributed by atoms with Gasteiger partial charge in [-0.15, -0.1) is 0 Å². The minimum absolute atomic E-state index is 0.0451. The third-order valence-electron chi connectivity index (χ3n) is 0.451. The van der Waals surface area contributed by atoms with E-state index in [4.69, 9.17) is 20.3 Å². The maximum absolute atomic E-state index is 9.61. The van der Waals surface area contributed by atoms with E-state index in [-0.39, 0.29) is 12.8 Å². The number of carboxylic acid groups (broad SMARTS) is 2. The number of nitriles is 1. The van der Waals surface area contributed by atoms with Gasteiger partial charge < -0.3 is 10.2 Å². The second-order valence-electron chi connectivity index (χ2n) is 1.57. The van der Waals surface area contributed by atoms with E-state index in [0.717, 1.165) is 6.92 Å². The fraction of sp³-hybridized carbons (Fsp3) is 0.500. The molecule has 5 heteroatoms. The van der Waals surface area contributed by atoms with Crippen LogP contribution in [0.4, 0.5) is 0 Å². The summed E-state index contributed by atoms with van der Waals surface area (Å²) in [5.41, 5.74) is 0. The molecule has 11 heavy (non-hydrogen) atoms. The van der Waals surface area contributed by atoms with Gasteiger partial charge in [-0.05, 0) is 0 Å². The highest BCUT2D eigenvalue weighted by atomic mass is 16.4. The van der Waals surface area contributed by atoms with Crippen molar-refractivity contribution in [1.29, 1.82) is 5.26 Å². The molecule has 2 N–H and O–H groups in total. The van der Waals surface area contributed by atoms with Gasteiger partial charge in [-0.2, -0.15) is 5.26 Å². The highest BCUT2D eigenvalue weighted by Crippen LogP contribution is 1.82. The standard InChI is InChI=1S/C4H5NO2.C2H4O2/c5-3-1-2-4(6)7;1-2(3)4/h1-2H2,(H,6,7);1H3,(H,3,4). The molecule has 0 aromatic heterocycles. The molecule has 0 aromatic carbocycles. The lowest BCUT2D eigenvalue weighted by Crippen LogP contribution is -1.91. The third kappa shape index (κ3) is 59.0. The number of hydrogen-bond acceptors (Lipinski definition) is 3. The Hall–Kier alpha value is -1.57. The zero-order valence-corrected chi connectivity index (χ0v) is 6.07. The average molecular weight is 159 g/mol. The average Bonchev–Trinajstić information content (AvgIpc) is 1.82. The lowest BCUT2D eigenvalue weighted by molar-refractivity contribution is -0.137. The summed E-state index contributed by atoms with van der Waals surface area (Å²) in [6, 6.07) is 1.72. The Morgan fingerprint density at radius 1 is 1.45 bits per heavy atom. The zero-order valence-electron chi connectivity index (χ0n) is 6.07. The topological polar surface area (TPSA) is 98.4 Å². The molecule has 0 spiro atoms. The Bertz CT molecular complexity index is 166. The Labute approximate surface area is 63.9 Å². The van der Waals surface area contributed by atoms with Crippen LogP contribution < -0.4 is 0 Å². The minimum atomic E-state index is -0.915. The summed E-state index contributed by atoms with van der Waals surface area (Å²) >= 11 is 0. The fourth-order valence-electron chi connectivity index (χ4n) is 0.163. The maximum atomic E-state index is 9.61. The molecule has 0 bridgehead atoms. The largest absolute Gasteiger partial charge is 0.481 e. The Morgan fingerprint density at radius 3 is 1.91 bits per heavy atom. The van der Waals surface area contributed by atoms with Crippen molar-refractivity contribution in [3.05, 3.63) is 0 Å². The summed E-state index contributed by atoms with van der Waals surface area (Å²) in [6.45, 7) is 1.08. The Kier molecular flexibility index (Phi) is 9.30. The number of carboxylic acids is 2. The SMILES string of the molecule is CC(=O)O.N#CCCC(=O)O. The van der Waals surface area contributed by atoms with Crippen LogP contribution >= 0.6 is 0 Å². The zero-order chi connectivity index (χ0) is 9.28. The van der Waals surface area contributed by atoms with Crippen molar-refractivity contribution in [2.24, 2.45) is 0 Å². The van der Waals surface area contributed by atoms with Gasteiger partial charge in [0.15, 0.2) is 0 Å². The van der Waals surface area contributed by atoms with E-state index in [1.807, 2.05) is 0 Å². The number of nitrogens with zero attached hydrogens (tertiary/aromatic N) is 1. The number of hydrogen-bond donors (Lipinski definition) is 2. The van der Waals surface area contributed by atoms with Gasteiger partial charge in [0.1, 0.15) is 0 Å². The van der Waals surface area contributed by atoms with Gasteiger partial charge in [0, 0.05) is 13.3 Å². The maximum Gasteiger partial charge on any atom is 0.304 e. The molecule has 0 aliphatic rings. The smallest absolute Gasteiger partial charge is 0.304 e. The summed E-state index contributed by atoms with van der Waals surface area (Å²) in [7, 11) is 0. The van der Waals surface area contributed by atoms with Gasteiger partial charge in [-0.3, -0.25) is 9.59 Å². The first-order valence-electron chi connectivity index (χ1n) is 2.79. The van der Waals surface area contributed by atoms with Crippen molar-refractivity contribution >= 4 is 11.9 Å². The quantitative estimate of drug-likeness (QED) is 0.610. The van der Waals surface area contributed by atoms with Gasteiger partial charge in [0.25, 0.3) is 5.97 Å². The lowest BCUT2D eigenvalue weighted by Gasteiger charge is -1.78. The van der Waals surface area contributed by atoms with Crippen LogP contribution in [0.25, 0.3) is 0 Å². The van der Waals surface area contributed by atoms with Crippen LogP contribution in [0.15, 0.2) is 0 Å². The molecule has 0 radical (unpaired) electrons. The van der Waals surface area contributed by atoms with E-state index in [1.165, 1.54) is 0 Å². The summed E-state index contributed by atoms with van der Waals surface area (Å²) in [6.07, 6.45) is 0.0613. The first-order chi connectivity index (χ1) is 5.00. The second kappa shape index (κ2) is 8.43. The molecule has 0 heterocycles. The van der Waals surface area contributed by atoms with Gasteiger partial charge in [0.05, 0.1) is 12.5 Å². The van der Waals surface area contributed by atoms with E-state index in [2.05, 4.69) is 0 Å². The van der Waals surface area contributed by atoms with E-state index in [9.17, 15) is 4.79 Å². The summed E-state index contributed by atoms with van der Waals surface area (Å²) in [5, 5.41) is 23.1. The van der Waals surface area contributed by atoms with Crippen molar-refractivity contribution in [3.63, 3.8) is 0 Å². The molecular weight excluding hydrogens is 150 g/mol. The van der Waals surface area contributed by atoms with Crippen molar-refractivity contribution < 1.29 is 19.8 Å². The molecule has 0 atom stereocenters. The second-order valence-corrected chi connectivity index (χ2v) is 1.57. The highest BCUT2D eigenvalue weighted by Gasteiger charge is 1.91. The van der Waals surface area contributed by atoms with Crippen LogP contribution in [0, 0.1) is 11.3 Å². The van der Waals surface area contributed by atoms with E-state index >= 15 is 0 Å². The molecule has 0 aromatic rings. The summed E-state index contributed by atoms with van der Waals surface area (Å²) in [5.74, 6) is -1.75. The van der Waals surface area contributed by atoms with Crippen LogP contribution in [0.1, 0.15) is 19.8 Å². The predicted molar refractivity (Wildman–Crippen MR) is 35.8 cm³/mol. The monoisotopic (exact) mass is 159 g/mol. The molecule has 5 nitrogen and oxygen atoms in total. The molecule has 0 aliphatic carbocycles. The van der Waals surface area contributed by atoms with Crippen LogP contribution in [0.5, 0.6) is 0 Å². The Morgan fingerprint density at radius 2 is 1.82 bits per heavy atom. The normalized spacial score (nSPS) is 6.91.